The predicted molar refractivity (Wildman–Crippen MR) is 72.4 cm³/mol. The summed E-state index contributed by atoms with van der Waals surface area (Å²) in [6.45, 7) is 3.56. The van der Waals surface area contributed by atoms with Crippen molar-refractivity contribution >= 4 is 11.7 Å². The molecule has 0 saturated heterocycles. The Morgan fingerprint density at radius 1 is 1.50 bits per heavy atom. The van der Waals surface area contributed by atoms with Gasteiger partial charge < -0.3 is 10.1 Å². The summed E-state index contributed by atoms with van der Waals surface area (Å²) in [7, 11) is 1.66. The van der Waals surface area contributed by atoms with Gasteiger partial charge in [0, 0.05) is 18.8 Å². The van der Waals surface area contributed by atoms with Gasteiger partial charge in [-0.1, -0.05) is 6.92 Å². The van der Waals surface area contributed by atoms with E-state index in [1.165, 1.54) is 5.56 Å². The maximum Gasteiger partial charge on any atom is 0.321 e. The first kappa shape index (κ1) is 12.7. The predicted octanol–water partition coefficient (Wildman–Crippen LogP) is 2.57. The minimum absolute atomic E-state index is 0.00275. The lowest BCUT2D eigenvalue weighted by molar-refractivity contribution is 0.246. The molecule has 1 aliphatic rings. The minimum Gasteiger partial charge on any atom is -0.497 e. The van der Waals surface area contributed by atoms with Crippen LogP contribution in [0.2, 0.25) is 0 Å². The molecule has 0 saturated carbocycles. The van der Waals surface area contributed by atoms with Crippen LogP contribution in [0.3, 0.4) is 0 Å². The van der Waals surface area contributed by atoms with Gasteiger partial charge in [-0.25, -0.2) is 4.79 Å². The highest BCUT2D eigenvalue weighted by molar-refractivity contribution is 5.93. The van der Waals surface area contributed by atoms with E-state index in [-0.39, 0.29) is 6.03 Å². The van der Waals surface area contributed by atoms with E-state index in [9.17, 15) is 4.79 Å². The second-order valence-electron chi connectivity index (χ2n) is 4.48. The molecule has 1 aromatic carbocycles. The smallest absolute Gasteiger partial charge is 0.321 e. The molecule has 98 valence electrons. The molecule has 0 radical (unpaired) electrons. The monoisotopic (exact) mass is 248 g/mol. The molecule has 4 heteroatoms. The Hall–Kier alpha value is -1.71. The SMILES string of the molecule is CCCNC(=O)N1CCCc2cc(OC)ccc21. The quantitative estimate of drug-likeness (QED) is 0.893. The molecular formula is C14H20N2O2. The average molecular weight is 248 g/mol. The highest BCUT2D eigenvalue weighted by Crippen LogP contribution is 2.30. The molecule has 0 fully saturated rings. The fourth-order valence-corrected chi connectivity index (χ4v) is 2.24. The third kappa shape index (κ3) is 2.58. The molecule has 0 aliphatic carbocycles. The highest BCUT2D eigenvalue weighted by Gasteiger charge is 2.22. The van der Waals surface area contributed by atoms with Gasteiger partial charge in [0.15, 0.2) is 0 Å². The van der Waals surface area contributed by atoms with Crippen molar-refractivity contribution < 1.29 is 9.53 Å². The average Bonchev–Trinajstić information content (AvgIpc) is 2.43. The summed E-state index contributed by atoms with van der Waals surface area (Å²) in [6, 6.07) is 5.90. The molecule has 18 heavy (non-hydrogen) atoms. The van der Waals surface area contributed by atoms with Gasteiger partial charge in [-0.05, 0) is 43.0 Å². The van der Waals surface area contributed by atoms with Crippen LogP contribution >= 0.6 is 0 Å². The van der Waals surface area contributed by atoms with Crippen molar-refractivity contribution in [2.45, 2.75) is 26.2 Å². The van der Waals surface area contributed by atoms with Crippen molar-refractivity contribution in [1.82, 2.24) is 5.32 Å². The van der Waals surface area contributed by atoms with Crippen molar-refractivity contribution in [1.29, 1.82) is 0 Å². The van der Waals surface area contributed by atoms with Crippen molar-refractivity contribution in [3.8, 4) is 5.75 Å². The zero-order chi connectivity index (χ0) is 13.0. The van der Waals surface area contributed by atoms with E-state index in [2.05, 4.69) is 12.2 Å². The van der Waals surface area contributed by atoms with Gasteiger partial charge in [0.1, 0.15) is 5.75 Å². The fourth-order valence-electron chi connectivity index (χ4n) is 2.24. The van der Waals surface area contributed by atoms with E-state index in [0.29, 0.717) is 0 Å². The van der Waals surface area contributed by atoms with Crippen LogP contribution in [0.15, 0.2) is 18.2 Å². The largest absolute Gasteiger partial charge is 0.497 e. The van der Waals surface area contributed by atoms with E-state index in [1.807, 2.05) is 23.1 Å². The van der Waals surface area contributed by atoms with Gasteiger partial charge in [-0.15, -0.1) is 0 Å². The lowest BCUT2D eigenvalue weighted by Gasteiger charge is -2.29. The number of carbonyl (C=O) groups excluding carboxylic acids is 1. The van der Waals surface area contributed by atoms with E-state index in [4.69, 9.17) is 4.74 Å². The molecule has 0 bridgehead atoms. The molecule has 2 rings (SSSR count). The molecule has 0 atom stereocenters. The Balaban J connectivity index is 2.19. The summed E-state index contributed by atoms with van der Waals surface area (Å²) in [6.07, 6.45) is 2.96. The van der Waals surface area contributed by atoms with Gasteiger partial charge in [0.05, 0.1) is 7.11 Å². The summed E-state index contributed by atoms with van der Waals surface area (Å²) in [4.78, 5) is 13.9. The van der Waals surface area contributed by atoms with Crippen LogP contribution < -0.4 is 15.0 Å². The molecule has 1 aliphatic heterocycles. The van der Waals surface area contributed by atoms with E-state index < -0.39 is 0 Å². The minimum atomic E-state index is 0.00275. The van der Waals surface area contributed by atoms with Crippen LogP contribution in [0.25, 0.3) is 0 Å². The number of hydrogen-bond donors (Lipinski definition) is 1. The second kappa shape index (κ2) is 5.76. The number of carbonyl (C=O) groups is 1. The van der Waals surface area contributed by atoms with E-state index >= 15 is 0 Å². The standard InChI is InChI=1S/C14H20N2O2/c1-3-8-15-14(17)16-9-4-5-11-10-12(18-2)6-7-13(11)16/h6-7,10H,3-5,8-9H2,1-2H3,(H,15,17). The van der Waals surface area contributed by atoms with Crippen LogP contribution in [0.4, 0.5) is 10.5 Å². The zero-order valence-corrected chi connectivity index (χ0v) is 11.0. The summed E-state index contributed by atoms with van der Waals surface area (Å²) < 4.78 is 5.22. The number of amides is 2. The van der Waals surface area contributed by atoms with Crippen LogP contribution in [-0.4, -0.2) is 26.2 Å². The second-order valence-corrected chi connectivity index (χ2v) is 4.48. The molecular weight excluding hydrogens is 228 g/mol. The lowest BCUT2D eigenvalue weighted by Crippen LogP contribution is -2.43. The van der Waals surface area contributed by atoms with Crippen molar-refractivity contribution in [3.05, 3.63) is 23.8 Å². The first-order chi connectivity index (χ1) is 8.76. The molecule has 1 N–H and O–H groups in total. The maximum atomic E-state index is 12.1. The Labute approximate surface area is 108 Å². The van der Waals surface area contributed by atoms with Gasteiger partial charge in [-0.3, -0.25) is 4.90 Å². The molecule has 0 spiro atoms. The number of fused-ring (bicyclic) bond motifs is 1. The topological polar surface area (TPSA) is 41.6 Å². The van der Waals surface area contributed by atoms with Crippen molar-refractivity contribution in [3.63, 3.8) is 0 Å². The van der Waals surface area contributed by atoms with Crippen LogP contribution in [0, 0.1) is 0 Å². The number of ether oxygens (including phenoxy) is 1. The van der Waals surface area contributed by atoms with Crippen LogP contribution in [0.5, 0.6) is 5.75 Å². The van der Waals surface area contributed by atoms with Crippen molar-refractivity contribution in [2.24, 2.45) is 0 Å². The third-order valence-electron chi connectivity index (χ3n) is 3.18. The van der Waals surface area contributed by atoms with Gasteiger partial charge in [0.2, 0.25) is 0 Å². The first-order valence-corrected chi connectivity index (χ1v) is 6.48. The Morgan fingerprint density at radius 2 is 2.33 bits per heavy atom. The van der Waals surface area contributed by atoms with Crippen molar-refractivity contribution in [2.75, 3.05) is 25.1 Å². The number of aryl methyl sites for hydroxylation is 1. The number of hydrogen-bond acceptors (Lipinski definition) is 2. The molecule has 2 amide bonds. The number of nitrogens with one attached hydrogen (secondary N) is 1. The molecule has 4 nitrogen and oxygen atoms in total. The summed E-state index contributed by atoms with van der Waals surface area (Å²) in [5.41, 5.74) is 2.20. The number of rotatable bonds is 3. The third-order valence-corrected chi connectivity index (χ3v) is 3.18. The maximum absolute atomic E-state index is 12.1. The summed E-state index contributed by atoms with van der Waals surface area (Å²) in [5.74, 6) is 0.851. The van der Waals surface area contributed by atoms with Gasteiger partial charge in [0.25, 0.3) is 0 Å². The number of nitrogens with zero attached hydrogens (tertiary/aromatic N) is 1. The van der Waals surface area contributed by atoms with Crippen LogP contribution in [0.1, 0.15) is 25.3 Å². The number of anilines is 1. The number of benzene rings is 1. The summed E-state index contributed by atoms with van der Waals surface area (Å²) >= 11 is 0. The van der Waals surface area contributed by atoms with Gasteiger partial charge >= 0.3 is 6.03 Å². The van der Waals surface area contributed by atoms with Crippen LogP contribution in [-0.2, 0) is 6.42 Å². The highest BCUT2D eigenvalue weighted by atomic mass is 16.5. The van der Waals surface area contributed by atoms with E-state index in [0.717, 1.165) is 43.8 Å². The molecule has 0 unspecified atom stereocenters. The molecule has 1 aromatic rings. The number of urea groups is 1. The zero-order valence-electron chi connectivity index (χ0n) is 11.0. The number of methoxy groups -OCH3 is 1. The lowest BCUT2D eigenvalue weighted by atomic mass is 10.0. The Morgan fingerprint density at radius 3 is 3.06 bits per heavy atom. The van der Waals surface area contributed by atoms with E-state index in [1.54, 1.807) is 7.11 Å². The Bertz CT molecular complexity index is 432. The first-order valence-electron chi connectivity index (χ1n) is 6.48. The fraction of sp³-hybridized carbons (Fsp3) is 0.500. The summed E-state index contributed by atoms with van der Waals surface area (Å²) in [5, 5.41) is 2.93. The Kier molecular flexibility index (Phi) is 4.07. The normalized spacial score (nSPS) is 14.0. The molecule has 0 aromatic heterocycles. The molecule has 1 heterocycles. The van der Waals surface area contributed by atoms with Gasteiger partial charge in [-0.2, -0.15) is 0 Å².